The first-order valence-electron chi connectivity index (χ1n) is 5.00. The second-order valence-electron chi connectivity index (χ2n) is 3.11. The number of carbonyl (C=O) groups is 2. The quantitative estimate of drug-likeness (QED) is 0.497. The molecule has 0 radical (unpaired) electrons. The number of halogens is 1. The number of hydrazone groups is 1. The van der Waals surface area contributed by atoms with Crippen molar-refractivity contribution >= 4 is 34.0 Å². The van der Waals surface area contributed by atoms with E-state index in [0.29, 0.717) is 6.54 Å². The Kier molecular flexibility index (Phi) is 5.35. The number of nitrogens with one attached hydrogen (secondary N) is 2. The zero-order valence-corrected chi connectivity index (χ0v) is 10.8. The molecule has 1 rings (SSSR count). The summed E-state index contributed by atoms with van der Waals surface area (Å²) in [7, 11) is 0. The standard InChI is InChI=1S/C11H12BrN3O2/c1-2-13-10(16)11(17)15-14-7-8-3-5-9(12)6-4-8/h3-7H,2H2,1H3,(H,13,16)(H,15,17)/b14-7-. The molecule has 1 aromatic carbocycles. The Labute approximate surface area is 107 Å². The highest BCUT2D eigenvalue weighted by atomic mass is 79.9. The van der Waals surface area contributed by atoms with Crippen LogP contribution in [0.1, 0.15) is 12.5 Å². The number of amides is 2. The van der Waals surface area contributed by atoms with Gasteiger partial charge in [-0.3, -0.25) is 9.59 Å². The lowest BCUT2D eigenvalue weighted by Gasteiger charge is -1.99. The first-order chi connectivity index (χ1) is 8.13. The molecule has 0 aliphatic rings. The van der Waals surface area contributed by atoms with E-state index in [0.717, 1.165) is 10.0 Å². The van der Waals surface area contributed by atoms with Crippen LogP contribution in [0.3, 0.4) is 0 Å². The largest absolute Gasteiger partial charge is 0.348 e. The van der Waals surface area contributed by atoms with Gasteiger partial charge in [-0.15, -0.1) is 0 Å². The van der Waals surface area contributed by atoms with Crippen LogP contribution in [0.25, 0.3) is 0 Å². The van der Waals surface area contributed by atoms with Crippen molar-refractivity contribution in [3.8, 4) is 0 Å². The van der Waals surface area contributed by atoms with Crippen molar-refractivity contribution in [2.45, 2.75) is 6.92 Å². The van der Waals surface area contributed by atoms with Crippen molar-refractivity contribution in [3.63, 3.8) is 0 Å². The summed E-state index contributed by atoms with van der Waals surface area (Å²) in [6.45, 7) is 2.14. The first kappa shape index (κ1) is 13.4. The minimum Gasteiger partial charge on any atom is -0.348 e. The van der Waals surface area contributed by atoms with Crippen molar-refractivity contribution in [2.24, 2.45) is 5.10 Å². The molecule has 90 valence electrons. The maximum Gasteiger partial charge on any atom is 0.329 e. The molecule has 0 aliphatic carbocycles. The van der Waals surface area contributed by atoms with E-state index in [2.05, 4.69) is 31.8 Å². The van der Waals surface area contributed by atoms with Gasteiger partial charge in [-0.2, -0.15) is 5.10 Å². The van der Waals surface area contributed by atoms with Crippen LogP contribution in [0.15, 0.2) is 33.8 Å². The van der Waals surface area contributed by atoms with Crippen LogP contribution in [-0.2, 0) is 9.59 Å². The third kappa shape index (κ3) is 4.78. The molecule has 0 spiro atoms. The zero-order valence-electron chi connectivity index (χ0n) is 9.24. The average molecular weight is 298 g/mol. The number of nitrogens with zero attached hydrogens (tertiary/aromatic N) is 1. The summed E-state index contributed by atoms with van der Waals surface area (Å²) in [5.41, 5.74) is 2.96. The number of hydrogen-bond acceptors (Lipinski definition) is 3. The van der Waals surface area contributed by atoms with Gasteiger partial charge in [0.1, 0.15) is 0 Å². The Bertz CT molecular complexity index is 429. The fourth-order valence-corrected chi connectivity index (χ4v) is 1.27. The number of carbonyl (C=O) groups excluding carboxylic acids is 2. The van der Waals surface area contributed by atoms with Gasteiger partial charge in [0.15, 0.2) is 0 Å². The second-order valence-corrected chi connectivity index (χ2v) is 4.03. The van der Waals surface area contributed by atoms with Gasteiger partial charge in [0, 0.05) is 11.0 Å². The van der Waals surface area contributed by atoms with Gasteiger partial charge in [-0.1, -0.05) is 28.1 Å². The molecule has 5 nitrogen and oxygen atoms in total. The molecule has 0 heterocycles. The molecule has 0 aliphatic heterocycles. The summed E-state index contributed by atoms with van der Waals surface area (Å²) in [4.78, 5) is 22.2. The number of hydrogen-bond donors (Lipinski definition) is 2. The van der Waals surface area contributed by atoms with E-state index in [1.54, 1.807) is 6.92 Å². The van der Waals surface area contributed by atoms with Crippen molar-refractivity contribution in [1.82, 2.24) is 10.7 Å². The van der Waals surface area contributed by atoms with Crippen LogP contribution >= 0.6 is 15.9 Å². The predicted octanol–water partition coefficient (Wildman–Crippen LogP) is 1.04. The van der Waals surface area contributed by atoms with Crippen LogP contribution in [-0.4, -0.2) is 24.6 Å². The van der Waals surface area contributed by atoms with Crippen LogP contribution in [0, 0.1) is 0 Å². The Balaban J connectivity index is 2.47. The summed E-state index contributed by atoms with van der Waals surface area (Å²) in [6.07, 6.45) is 1.46. The molecule has 1 aromatic rings. The van der Waals surface area contributed by atoms with Gasteiger partial charge in [0.2, 0.25) is 0 Å². The van der Waals surface area contributed by atoms with Gasteiger partial charge in [0.25, 0.3) is 0 Å². The predicted molar refractivity (Wildman–Crippen MR) is 68.6 cm³/mol. The maximum absolute atomic E-state index is 11.1. The summed E-state index contributed by atoms with van der Waals surface area (Å²) >= 11 is 3.31. The minimum atomic E-state index is -0.778. The molecular formula is C11H12BrN3O2. The fraction of sp³-hybridized carbons (Fsp3) is 0.182. The number of rotatable bonds is 3. The molecule has 0 fully saturated rings. The maximum atomic E-state index is 11.1. The van der Waals surface area contributed by atoms with Crippen molar-refractivity contribution in [2.75, 3.05) is 6.54 Å². The van der Waals surface area contributed by atoms with Gasteiger partial charge < -0.3 is 5.32 Å². The molecule has 0 aromatic heterocycles. The molecular weight excluding hydrogens is 286 g/mol. The topological polar surface area (TPSA) is 70.6 Å². The zero-order chi connectivity index (χ0) is 12.7. The lowest BCUT2D eigenvalue weighted by molar-refractivity contribution is -0.139. The molecule has 0 atom stereocenters. The Morgan fingerprint density at radius 1 is 1.29 bits per heavy atom. The molecule has 0 unspecified atom stereocenters. The molecule has 0 bridgehead atoms. The molecule has 6 heteroatoms. The van der Waals surface area contributed by atoms with Crippen LogP contribution < -0.4 is 10.7 Å². The molecule has 2 N–H and O–H groups in total. The van der Waals surface area contributed by atoms with E-state index in [-0.39, 0.29) is 0 Å². The average Bonchev–Trinajstić information content (AvgIpc) is 2.32. The molecule has 0 saturated heterocycles. The van der Waals surface area contributed by atoms with E-state index in [4.69, 9.17) is 0 Å². The smallest absolute Gasteiger partial charge is 0.329 e. The lowest BCUT2D eigenvalue weighted by Crippen LogP contribution is -2.37. The third-order valence-electron chi connectivity index (χ3n) is 1.79. The lowest BCUT2D eigenvalue weighted by atomic mass is 10.2. The van der Waals surface area contributed by atoms with Crippen LogP contribution in [0.5, 0.6) is 0 Å². The Hall–Kier alpha value is -1.69. The Morgan fingerprint density at radius 2 is 1.94 bits per heavy atom. The monoisotopic (exact) mass is 297 g/mol. The SMILES string of the molecule is CCNC(=O)C(=O)N/N=C\c1ccc(Br)cc1. The van der Waals surface area contributed by atoms with E-state index < -0.39 is 11.8 Å². The van der Waals surface area contributed by atoms with Gasteiger partial charge in [0.05, 0.1) is 6.21 Å². The minimum absolute atomic E-state index is 0.405. The number of likely N-dealkylation sites (N-methyl/N-ethyl adjacent to an activating group) is 1. The highest BCUT2D eigenvalue weighted by Crippen LogP contribution is 2.08. The molecule has 2 amide bonds. The van der Waals surface area contributed by atoms with Crippen molar-refractivity contribution in [3.05, 3.63) is 34.3 Å². The van der Waals surface area contributed by atoms with Crippen molar-refractivity contribution in [1.29, 1.82) is 0 Å². The highest BCUT2D eigenvalue weighted by Gasteiger charge is 2.09. The van der Waals surface area contributed by atoms with Gasteiger partial charge in [-0.25, -0.2) is 5.43 Å². The molecule has 0 saturated carbocycles. The highest BCUT2D eigenvalue weighted by molar-refractivity contribution is 9.10. The third-order valence-corrected chi connectivity index (χ3v) is 2.32. The summed E-state index contributed by atoms with van der Waals surface area (Å²) in [5, 5.41) is 6.04. The van der Waals surface area contributed by atoms with Gasteiger partial charge >= 0.3 is 11.8 Å². The second kappa shape index (κ2) is 6.80. The summed E-state index contributed by atoms with van der Waals surface area (Å²) in [6, 6.07) is 7.36. The van der Waals surface area contributed by atoms with E-state index in [1.165, 1.54) is 6.21 Å². The van der Waals surface area contributed by atoms with Crippen LogP contribution in [0.4, 0.5) is 0 Å². The van der Waals surface area contributed by atoms with E-state index >= 15 is 0 Å². The van der Waals surface area contributed by atoms with Gasteiger partial charge in [-0.05, 0) is 24.6 Å². The normalized spacial score (nSPS) is 10.2. The van der Waals surface area contributed by atoms with E-state index in [1.807, 2.05) is 24.3 Å². The first-order valence-corrected chi connectivity index (χ1v) is 5.79. The Morgan fingerprint density at radius 3 is 2.53 bits per heavy atom. The molecule has 17 heavy (non-hydrogen) atoms. The van der Waals surface area contributed by atoms with Crippen LogP contribution in [0.2, 0.25) is 0 Å². The summed E-state index contributed by atoms with van der Waals surface area (Å²) < 4.78 is 0.959. The van der Waals surface area contributed by atoms with E-state index in [9.17, 15) is 9.59 Å². The summed E-state index contributed by atoms with van der Waals surface area (Å²) in [5.74, 6) is -1.47. The van der Waals surface area contributed by atoms with Crippen molar-refractivity contribution < 1.29 is 9.59 Å². The fourth-order valence-electron chi connectivity index (χ4n) is 1.01. The number of benzene rings is 1.